The van der Waals surface area contributed by atoms with Crippen LogP contribution in [0, 0.1) is 0 Å². The van der Waals surface area contributed by atoms with E-state index in [1.807, 2.05) is 30.3 Å². The Kier molecular flexibility index (Phi) is 10.4. The van der Waals surface area contributed by atoms with E-state index < -0.39 is 35.7 Å². The van der Waals surface area contributed by atoms with E-state index in [0.29, 0.717) is 25.2 Å². The lowest BCUT2D eigenvalue weighted by atomic mass is 9.88. The van der Waals surface area contributed by atoms with E-state index in [1.165, 1.54) is 0 Å². The van der Waals surface area contributed by atoms with Gasteiger partial charge in [0.1, 0.15) is 12.2 Å². The SMILES string of the molecule is CC(C)(C)OC(=O)NC(=NC1CCOC1)N[C@@](C)(CC(=O)O)c1cccc(NC(=O)OCc2ccccc2)c1Cl. The van der Waals surface area contributed by atoms with Crippen molar-refractivity contribution in [2.75, 3.05) is 18.5 Å². The fraction of sp³-hybridized carbons (Fsp3) is 0.429. The fourth-order valence-electron chi connectivity index (χ4n) is 4.00. The predicted octanol–water partition coefficient (Wildman–Crippen LogP) is 5.04. The molecule has 12 heteroatoms. The normalized spacial score (nSPS) is 16.9. The number of hydrogen-bond donors (Lipinski definition) is 4. The first kappa shape index (κ1) is 30.7. The van der Waals surface area contributed by atoms with E-state index in [2.05, 4.69) is 20.9 Å². The molecular formula is C28H35ClN4O7. The monoisotopic (exact) mass is 574 g/mol. The molecule has 11 nitrogen and oxygen atoms in total. The van der Waals surface area contributed by atoms with Crippen LogP contribution in [-0.2, 0) is 31.2 Å². The average molecular weight is 575 g/mol. The Bertz CT molecular complexity index is 1230. The molecule has 0 saturated carbocycles. The predicted molar refractivity (Wildman–Crippen MR) is 150 cm³/mol. The second-order valence-electron chi connectivity index (χ2n) is 10.5. The molecule has 2 aromatic rings. The van der Waals surface area contributed by atoms with Gasteiger partial charge in [-0.1, -0.05) is 54.1 Å². The van der Waals surface area contributed by atoms with Crippen LogP contribution in [0.4, 0.5) is 15.3 Å². The maximum atomic E-state index is 12.6. The van der Waals surface area contributed by atoms with Crippen LogP contribution in [0.5, 0.6) is 0 Å². The van der Waals surface area contributed by atoms with Crippen molar-refractivity contribution >= 4 is 41.4 Å². The van der Waals surface area contributed by atoms with E-state index in [0.717, 1.165) is 5.56 Å². The highest BCUT2D eigenvalue weighted by Crippen LogP contribution is 2.36. The Morgan fingerprint density at radius 1 is 1.07 bits per heavy atom. The molecule has 1 fully saturated rings. The van der Waals surface area contributed by atoms with Crippen LogP contribution in [0.25, 0.3) is 0 Å². The fourth-order valence-corrected chi connectivity index (χ4v) is 4.38. The summed E-state index contributed by atoms with van der Waals surface area (Å²) in [5.41, 5.74) is -0.763. The van der Waals surface area contributed by atoms with Crippen LogP contribution in [0.15, 0.2) is 53.5 Å². The molecule has 2 amide bonds. The van der Waals surface area contributed by atoms with Crippen LogP contribution >= 0.6 is 11.6 Å². The zero-order valence-corrected chi connectivity index (χ0v) is 23.7. The van der Waals surface area contributed by atoms with Gasteiger partial charge in [-0.2, -0.15) is 0 Å². The van der Waals surface area contributed by atoms with Gasteiger partial charge in [0.15, 0.2) is 0 Å². The smallest absolute Gasteiger partial charge is 0.414 e. The number of aliphatic carboxylic acids is 1. The Balaban J connectivity index is 1.87. The number of carbonyl (C=O) groups excluding carboxylic acids is 2. The number of alkyl carbamates (subject to hydrolysis) is 1. The second-order valence-corrected chi connectivity index (χ2v) is 10.9. The lowest BCUT2D eigenvalue weighted by Gasteiger charge is -2.33. The molecule has 1 unspecified atom stereocenters. The van der Waals surface area contributed by atoms with Crippen molar-refractivity contribution in [1.29, 1.82) is 0 Å². The molecule has 4 N–H and O–H groups in total. The third-order valence-corrected chi connectivity index (χ3v) is 6.19. The number of amides is 2. The molecule has 0 spiro atoms. The van der Waals surface area contributed by atoms with Gasteiger partial charge in [0.2, 0.25) is 5.96 Å². The highest BCUT2D eigenvalue weighted by molar-refractivity contribution is 6.34. The first-order chi connectivity index (χ1) is 18.8. The van der Waals surface area contributed by atoms with E-state index >= 15 is 0 Å². The largest absolute Gasteiger partial charge is 0.481 e. The molecule has 216 valence electrons. The number of hydrogen-bond acceptors (Lipinski definition) is 7. The molecule has 2 atom stereocenters. The summed E-state index contributed by atoms with van der Waals surface area (Å²) in [7, 11) is 0. The van der Waals surface area contributed by atoms with Crippen LogP contribution in [-0.4, -0.2) is 54.1 Å². The lowest BCUT2D eigenvalue weighted by Crippen LogP contribution is -2.53. The van der Waals surface area contributed by atoms with Gasteiger partial charge in [-0.3, -0.25) is 15.4 Å². The maximum Gasteiger partial charge on any atom is 0.414 e. The lowest BCUT2D eigenvalue weighted by molar-refractivity contribution is -0.138. The molecule has 0 aliphatic carbocycles. The van der Waals surface area contributed by atoms with Crippen molar-refractivity contribution in [2.24, 2.45) is 4.99 Å². The quantitative estimate of drug-likeness (QED) is 0.253. The van der Waals surface area contributed by atoms with Crippen molar-refractivity contribution in [3.05, 3.63) is 64.7 Å². The summed E-state index contributed by atoms with van der Waals surface area (Å²) in [5, 5.41) is 18.1. The summed E-state index contributed by atoms with van der Waals surface area (Å²) < 4.78 is 16.1. The number of carboxylic acids is 1. The van der Waals surface area contributed by atoms with Gasteiger partial charge in [0.05, 0.1) is 35.3 Å². The van der Waals surface area contributed by atoms with Gasteiger partial charge in [0, 0.05) is 6.61 Å². The first-order valence-electron chi connectivity index (χ1n) is 12.8. The second kappa shape index (κ2) is 13.5. The number of guanidine groups is 1. The third kappa shape index (κ3) is 9.42. The minimum Gasteiger partial charge on any atom is -0.481 e. The summed E-state index contributed by atoms with van der Waals surface area (Å²) in [6.07, 6.45) is -1.31. The molecular weight excluding hydrogens is 540 g/mol. The van der Waals surface area contributed by atoms with Crippen LogP contribution in [0.3, 0.4) is 0 Å². The van der Waals surface area contributed by atoms with Gasteiger partial charge in [-0.15, -0.1) is 0 Å². The molecule has 1 aliphatic heterocycles. The zero-order valence-electron chi connectivity index (χ0n) is 23.0. The van der Waals surface area contributed by atoms with Crippen molar-refractivity contribution < 1.29 is 33.7 Å². The Morgan fingerprint density at radius 2 is 1.80 bits per heavy atom. The molecule has 0 aromatic heterocycles. The number of nitrogens with one attached hydrogen (secondary N) is 3. The van der Waals surface area contributed by atoms with Gasteiger partial charge in [0.25, 0.3) is 0 Å². The van der Waals surface area contributed by atoms with Crippen LogP contribution < -0.4 is 16.0 Å². The number of aliphatic imine (C=N–C) groups is 1. The number of carbonyl (C=O) groups is 3. The molecule has 0 radical (unpaired) electrons. The number of carboxylic acid groups (broad SMARTS) is 1. The molecule has 0 bridgehead atoms. The van der Waals surface area contributed by atoms with Gasteiger partial charge < -0.3 is 24.6 Å². The number of ether oxygens (including phenoxy) is 3. The minimum absolute atomic E-state index is 0.00481. The number of nitrogens with zero attached hydrogens (tertiary/aromatic N) is 1. The maximum absolute atomic E-state index is 12.6. The minimum atomic E-state index is -1.37. The van der Waals surface area contributed by atoms with Crippen LogP contribution in [0.1, 0.15) is 51.7 Å². The molecule has 1 heterocycles. The van der Waals surface area contributed by atoms with E-state index in [1.54, 1.807) is 45.9 Å². The van der Waals surface area contributed by atoms with Crippen LogP contribution in [0.2, 0.25) is 5.02 Å². The van der Waals surface area contributed by atoms with Gasteiger partial charge >= 0.3 is 18.2 Å². The van der Waals surface area contributed by atoms with Crippen molar-refractivity contribution in [2.45, 2.75) is 64.3 Å². The van der Waals surface area contributed by atoms with Gasteiger partial charge in [-0.25, -0.2) is 14.6 Å². The Hall–Kier alpha value is -3.83. The number of halogens is 1. The zero-order chi connectivity index (χ0) is 29.3. The topological polar surface area (TPSA) is 148 Å². The molecule has 3 rings (SSSR count). The summed E-state index contributed by atoms with van der Waals surface area (Å²) >= 11 is 6.71. The summed E-state index contributed by atoms with van der Waals surface area (Å²) in [4.78, 5) is 41.6. The molecule has 1 aliphatic rings. The molecule has 40 heavy (non-hydrogen) atoms. The van der Waals surface area contributed by atoms with Gasteiger partial charge in [-0.05, 0) is 51.3 Å². The standard InChI is InChI=1S/C28H35ClN4O7/c1-27(2,3)40-26(37)32-24(30-19-13-14-38-17-19)33-28(4,15-22(34)35)20-11-8-12-21(23(20)29)31-25(36)39-16-18-9-6-5-7-10-18/h5-12,19H,13-17H2,1-4H3,(H,31,36)(H,34,35)(H2,30,32,33,37)/t19?,28-/m0/s1. The van der Waals surface area contributed by atoms with Crippen molar-refractivity contribution in [3.8, 4) is 0 Å². The Morgan fingerprint density at radius 3 is 2.42 bits per heavy atom. The number of anilines is 1. The van der Waals surface area contributed by atoms with E-state index in [4.69, 9.17) is 25.8 Å². The van der Waals surface area contributed by atoms with Crippen molar-refractivity contribution in [3.63, 3.8) is 0 Å². The highest BCUT2D eigenvalue weighted by Gasteiger charge is 2.35. The molecule has 2 aromatic carbocycles. The highest BCUT2D eigenvalue weighted by atomic mass is 35.5. The molecule has 1 saturated heterocycles. The van der Waals surface area contributed by atoms with E-state index in [9.17, 15) is 19.5 Å². The summed E-state index contributed by atoms with van der Waals surface area (Å²) in [6, 6.07) is 13.7. The van der Waals surface area contributed by atoms with Crippen molar-refractivity contribution in [1.82, 2.24) is 10.6 Å². The summed E-state index contributed by atoms with van der Waals surface area (Å²) in [5.74, 6) is -1.13. The number of rotatable bonds is 8. The average Bonchev–Trinajstić information content (AvgIpc) is 3.36. The third-order valence-electron chi connectivity index (χ3n) is 5.78. The van der Waals surface area contributed by atoms with E-state index in [-0.39, 0.29) is 29.3 Å². The number of benzene rings is 2. The Labute approximate surface area is 238 Å². The first-order valence-corrected chi connectivity index (χ1v) is 13.1. The summed E-state index contributed by atoms with van der Waals surface area (Å²) in [6.45, 7) is 7.70.